The molecule has 0 radical (unpaired) electrons. The molecule has 0 aliphatic carbocycles. The van der Waals surface area contributed by atoms with Crippen LogP contribution in [0.2, 0.25) is 0 Å². The Bertz CT molecular complexity index is 327. The predicted octanol–water partition coefficient (Wildman–Crippen LogP) is 1.98. The average Bonchev–Trinajstić information content (AvgIpc) is 2.45. The summed E-state index contributed by atoms with van der Waals surface area (Å²) in [7, 11) is 0. The highest BCUT2D eigenvalue weighted by atomic mass is 16.6. The van der Waals surface area contributed by atoms with Crippen LogP contribution in [0, 0.1) is 5.92 Å². The quantitative estimate of drug-likeness (QED) is 0.836. The zero-order chi connectivity index (χ0) is 15.3. The minimum Gasteiger partial charge on any atom is -0.444 e. The van der Waals surface area contributed by atoms with E-state index in [1.165, 1.54) is 12.8 Å². The Morgan fingerprint density at radius 1 is 1.19 bits per heavy atom. The Morgan fingerprint density at radius 3 is 2.38 bits per heavy atom. The van der Waals surface area contributed by atoms with Gasteiger partial charge >= 0.3 is 6.09 Å². The summed E-state index contributed by atoms with van der Waals surface area (Å²) < 4.78 is 5.43. The van der Waals surface area contributed by atoms with Gasteiger partial charge < -0.3 is 20.3 Å². The normalized spacial score (nSPS) is 22.3. The van der Waals surface area contributed by atoms with Gasteiger partial charge in [-0.25, -0.2) is 4.79 Å². The van der Waals surface area contributed by atoms with E-state index in [1.807, 2.05) is 25.7 Å². The van der Waals surface area contributed by atoms with Crippen LogP contribution >= 0.6 is 0 Å². The maximum absolute atomic E-state index is 12.0. The van der Waals surface area contributed by atoms with E-state index in [-0.39, 0.29) is 6.09 Å². The van der Waals surface area contributed by atoms with Crippen molar-refractivity contribution in [3.05, 3.63) is 0 Å². The number of ether oxygens (including phenoxy) is 1. The van der Waals surface area contributed by atoms with Crippen LogP contribution in [-0.2, 0) is 4.74 Å². The number of amides is 1. The Kier molecular flexibility index (Phi) is 5.88. The molecule has 122 valence electrons. The lowest BCUT2D eigenvalue weighted by molar-refractivity contribution is 0.0183. The minimum atomic E-state index is -0.398. The van der Waals surface area contributed by atoms with Gasteiger partial charge in [-0.1, -0.05) is 0 Å². The van der Waals surface area contributed by atoms with Crippen LogP contribution in [0.25, 0.3) is 0 Å². The molecule has 2 heterocycles. The molecule has 2 aliphatic heterocycles. The van der Waals surface area contributed by atoms with Gasteiger partial charge in [0.1, 0.15) is 5.60 Å². The number of carbonyl (C=O) groups excluding carboxylic acids is 1. The average molecular weight is 297 g/mol. The fraction of sp³-hybridized carbons (Fsp3) is 0.938. The molecule has 2 N–H and O–H groups in total. The number of nitrogens with zero attached hydrogens (tertiary/aromatic N) is 1. The molecule has 0 aromatic heterocycles. The van der Waals surface area contributed by atoms with Crippen LogP contribution in [-0.4, -0.2) is 55.4 Å². The molecule has 0 bridgehead atoms. The van der Waals surface area contributed by atoms with Crippen LogP contribution in [0.15, 0.2) is 0 Å². The van der Waals surface area contributed by atoms with Gasteiger partial charge in [0.05, 0.1) is 0 Å². The Labute approximate surface area is 128 Å². The number of likely N-dealkylation sites (tertiary alicyclic amines) is 1. The molecule has 0 saturated carbocycles. The summed E-state index contributed by atoms with van der Waals surface area (Å²) in [5.74, 6) is 0.693. The first-order chi connectivity index (χ1) is 9.94. The van der Waals surface area contributed by atoms with Crippen LogP contribution in [0.4, 0.5) is 4.79 Å². The van der Waals surface area contributed by atoms with Gasteiger partial charge in [0.25, 0.3) is 0 Å². The number of hydrogen-bond donors (Lipinski definition) is 2. The molecule has 5 heteroatoms. The molecule has 2 aliphatic rings. The Balaban J connectivity index is 1.64. The van der Waals surface area contributed by atoms with Crippen molar-refractivity contribution in [2.75, 3.05) is 32.7 Å². The van der Waals surface area contributed by atoms with Gasteiger partial charge in [-0.05, 0) is 72.0 Å². The molecule has 0 unspecified atom stereocenters. The zero-order valence-electron chi connectivity index (χ0n) is 13.8. The summed E-state index contributed by atoms with van der Waals surface area (Å²) in [4.78, 5) is 13.9. The van der Waals surface area contributed by atoms with Crippen molar-refractivity contribution in [3.8, 4) is 0 Å². The summed E-state index contributed by atoms with van der Waals surface area (Å²) in [6.07, 6.45) is 4.47. The second-order valence-electron chi connectivity index (χ2n) is 7.34. The summed E-state index contributed by atoms with van der Waals surface area (Å²) in [5.41, 5.74) is -0.398. The topological polar surface area (TPSA) is 53.6 Å². The Morgan fingerprint density at radius 2 is 1.81 bits per heavy atom. The summed E-state index contributed by atoms with van der Waals surface area (Å²) in [5, 5.41) is 7.09. The lowest BCUT2D eigenvalue weighted by Gasteiger charge is -2.34. The molecule has 1 amide bonds. The summed E-state index contributed by atoms with van der Waals surface area (Å²) >= 11 is 0. The van der Waals surface area contributed by atoms with Crippen LogP contribution < -0.4 is 10.6 Å². The van der Waals surface area contributed by atoms with Crippen molar-refractivity contribution in [1.82, 2.24) is 15.5 Å². The molecule has 0 aromatic carbocycles. The second kappa shape index (κ2) is 7.45. The fourth-order valence-corrected chi connectivity index (χ4v) is 3.01. The monoisotopic (exact) mass is 297 g/mol. The van der Waals surface area contributed by atoms with Crippen LogP contribution in [0.1, 0.15) is 46.5 Å². The smallest absolute Gasteiger partial charge is 0.410 e. The third-order valence-electron chi connectivity index (χ3n) is 4.30. The van der Waals surface area contributed by atoms with E-state index in [1.54, 1.807) is 0 Å². The minimum absolute atomic E-state index is 0.160. The molecule has 0 atom stereocenters. The lowest BCUT2D eigenvalue weighted by atomic mass is 9.96. The molecular weight excluding hydrogens is 266 g/mol. The first-order valence-electron chi connectivity index (χ1n) is 8.36. The van der Waals surface area contributed by atoms with E-state index in [4.69, 9.17) is 4.74 Å². The van der Waals surface area contributed by atoms with Gasteiger partial charge in [0.2, 0.25) is 0 Å². The molecule has 2 fully saturated rings. The lowest BCUT2D eigenvalue weighted by Crippen LogP contribution is -2.45. The van der Waals surface area contributed by atoms with E-state index in [9.17, 15) is 4.79 Å². The van der Waals surface area contributed by atoms with E-state index >= 15 is 0 Å². The van der Waals surface area contributed by atoms with Crippen molar-refractivity contribution in [2.45, 2.75) is 58.1 Å². The first-order valence-corrected chi connectivity index (χ1v) is 8.36. The first kappa shape index (κ1) is 16.6. The standard InChI is InChI=1S/C16H31N3O2/c1-16(2,3)21-15(20)19-10-6-13(7-11-19)12-18-14-4-8-17-9-5-14/h13-14,17-18H,4-12H2,1-3H3. The van der Waals surface area contributed by atoms with Crippen LogP contribution in [0.5, 0.6) is 0 Å². The van der Waals surface area contributed by atoms with Gasteiger partial charge in [-0.3, -0.25) is 0 Å². The highest BCUT2D eigenvalue weighted by Gasteiger charge is 2.27. The molecule has 0 aromatic rings. The largest absolute Gasteiger partial charge is 0.444 e. The van der Waals surface area contributed by atoms with Crippen molar-refractivity contribution in [2.24, 2.45) is 5.92 Å². The number of hydrogen-bond acceptors (Lipinski definition) is 4. The van der Waals surface area contributed by atoms with Gasteiger partial charge in [0.15, 0.2) is 0 Å². The summed E-state index contributed by atoms with van der Waals surface area (Å²) in [6, 6.07) is 0.676. The molecule has 5 nitrogen and oxygen atoms in total. The number of rotatable bonds is 3. The van der Waals surface area contributed by atoms with Crippen LogP contribution in [0.3, 0.4) is 0 Å². The molecular formula is C16H31N3O2. The fourth-order valence-electron chi connectivity index (χ4n) is 3.01. The highest BCUT2D eigenvalue weighted by Crippen LogP contribution is 2.19. The van der Waals surface area contributed by atoms with Gasteiger partial charge in [0, 0.05) is 19.1 Å². The molecule has 2 saturated heterocycles. The maximum atomic E-state index is 12.0. The zero-order valence-corrected chi connectivity index (χ0v) is 13.8. The van der Waals surface area contributed by atoms with Crippen molar-refractivity contribution in [3.63, 3.8) is 0 Å². The summed E-state index contributed by atoms with van der Waals surface area (Å²) in [6.45, 7) is 10.8. The van der Waals surface area contributed by atoms with E-state index in [0.717, 1.165) is 45.6 Å². The van der Waals surface area contributed by atoms with E-state index in [0.29, 0.717) is 12.0 Å². The van der Waals surface area contributed by atoms with Crippen molar-refractivity contribution < 1.29 is 9.53 Å². The number of carbonyl (C=O) groups is 1. The molecule has 0 spiro atoms. The number of piperidine rings is 2. The van der Waals surface area contributed by atoms with Gasteiger partial charge in [-0.15, -0.1) is 0 Å². The number of nitrogens with one attached hydrogen (secondary N) is 2. The van der Waals surface area contributed by atoms with Crippen molar-refractivity contribution >= 4 is 6.09 Å². The third kappa shape index (κ3) is 5.83. The maximum Gasteiger partial charge on any atom is 0.410 e. The molecule has 2 rings (SSSR count). The third-order valence-corrected chi connectivity index (χ3v) is 4.30. The Hall–Kier alpha value is -0.810. The van der Waals surface area contributed by atoms with Gasteiger partial charge in [-0.2, -0.15) is 0 Å². The SMILES string of the molecule is CC(C)(C)OC(=O)N1CCC(CNC2CCNCC2)CC1. The van der Waals surface area contributed by atoms with E-state index < -0.39 is 5.60 Å². The van der Waals surface area contributed by atoms with Crippen molar-refractivity contribution in [1.29, 1.82) is 0 Å². The highest BCUT2D eigenvalue weighted by molar-refractivity contribution is 5.68. The van der Waals surface area contributed by atoms with E-state index in [2.05, 4.69) is 10.6 Å². The molecule has 21 heavy (non-hydrogen) atoms. The predicted molar refractivity (Wildman–Crippen MR) is 84.4 cm³/mol. The second-order valence-corrected chi connectivity index (χ2v) is 7.34.